The van der Waals surface area contributed by atoms with Gasteiger partial charge in [-0.1, -0.05) is 13.8 Å². The zero-order valence-electron chi connectivity index (χ0n) is 10.2. The van der Waals surface area contributed by atoms with Gasteiger partial charge in [0.2, 0.25) is 0 Å². The zero-order chi connectivity index (χ0) is 12.3. The molecule has 0 saturated carbocycles. The van der Waals surface area contributed by atoms with Crippen molar-refractivity contribution in [3.8, 4) is 0 Å². The molecule has 0 fully saturated rings. The van der Waals surface area contributed by atoms with E-state index in [9.17, 15) is 4.39 Å². The minimum atomic E-state index is -0.312. The molecule has 0 bridgehead atoms. The van der Waals surface area contributed by atoms with Crippen molar-refractivity contribution in [3.05, 3.63) is 23.6 Å². The lowest BCUT2D eigenvalue weighted by Gasteiger charge is -2.29. The lowest BCUT2D eigenvalue weighted by atomic mass is 10.1. The Bertz CT molecular complexity index is 355. The monoisotopic (exact) mass is 244 g/mol. The van der Waals surface area contributed by atoms with E-state index in [1.54, 1.807) is 12.3 Å². The quantitative estimate of drug-likeness (QED) is 0.755. The third kappa shape index (κ3) is 2.64. The van der Waals surface area contributed by atoms with Gasteiger partial charge in [0.05, 0.1) is 5.88 Å². The Labute approximate surface area is 101 Å². The van der Waals surface area contributed by atoms with Crippen molar-refractivity contribution in [3.63, 3.8) is 0 Å². The summed E-state index contributed by atoms with van der Waals surface area (Å²) >= 11 is 5.66. The van der Waals surface area contributed by atoms with Crippen LogP contribution in [0.1, 0.15) is 26.3 Å². The van der Waals surface area contributed by atoms with Gasteiger partial charge in [0.1, 0.15) is 0 Å². The maximum atomic E-state index is 14.0. The van der Waals surface area contributed by atoms with Crippen molar-refractivity contribution >= 4 is 17.4 Å². The van der Waals surface area contributed by atoms with Crippen molar-refractivity contribution in [2.24, 2.45) is 5.92 Å². The van der Waals surface area contributed by atoms with Crippen LogP contribution >= 0.6 is 11.6 Å². The molecular weight excluding hydrogens is 227 g/mol. The average Bonchev–Trinajstić information content (AvgIpc) is 2.27. The SMILES string of the molecule is CC(C)C(C)N(C)c1nccc(CCl)c1F. The summed E-state index contributed by atoms with van der Waals surface area (Å²) in [6, 6.07) is 1.84. The van der Waals surface area contributed by atoms with Crippen molar-refractivity contribution < 1.29 is 4.39 Å². The van der Waals surface area contributed by atoms with Crippen LogP contribution in [0.4, 0.5) is 10.2 Å². The van der Waals surface area contributed by atoms with Crippen LogP contribution < -0.4 is 4.90 Å². The van der Waals surface area contributed by atoms with Crippen molar-refractivity contribution in [2.75, 3.05) is 11.9 Å². The standard InChI is InChI=1S/C12H18ClFN2/c1-8(2)9(3)16(4)12-11(14)10(7-13)5-6-15-12/h5-6,8-9H,7H2,1-4H3. The molecule has 1 aromatic rings. The van der Waals surface area contributed by atoms with Crippen LogP contribution in [0.2, 0.25) is 0 Å². The highest BCUT2D eigenvalue weighted by atomic mass is 35.5. The van der Waals surface area contributed by atoms with Gasteiger partial charge >= 0.3 is 0 Å². The molecule has 0 radical (unpaired) electrons. The van der Waals surface area contributed by atoms with E-state index in [4.69, 9.17) is 11.6 Å². The van der Waals surface area contributed by atoms with Gasteiger partial charge in [0.15, 0.2) is 11.6 Å². The molecule has 1 unspecified atom stereocenters. The highest BCUT2D eigenvalue weighted by Crippen LogP contribution is 2.23. The normalized spacial score (nSPS) is 12.9. The predicted octanol–water partition coefficient (Wildman–Crippen LogP) is 3.44. The van der Waals surface area contributed by atoms with Crippen LogP contribution in [-0.4, -0.2) is 18.1 Å². The van der Waals surface area contributed by atoms with E-state index in [-0.39, 0.29) is 17.7 Å². The second kappa shape index (κ2) is 5.48. The molecule has 0 aliphatic heterocycles. The Morgan fingerprint density at radius 3 is 2.56 bits per heavy atom. The number of halogens is 2. The fraction of sp³-hybridized carbons (Fsp3) is 0.583. The Balaban J connectivity index is 3.04. The Hall–Kier alpha value is -0.830. The van der Waals surface area contributed by atoms with Gasteiger partial charge in [-0.3, -0.25) is 0 Å². The number of anilines is 1. The molecule has 2 nitrogen and oxygen atoms in total. The van der Waals surface area contributed by atoms with Gasteiger partial charge in [-0.2, -0.15) is 0 Å². The molecule has 1 rings (SSSR count). The number of rotatable bonds is 4. The zero-order valence-corrected chi connectivity index (χ0v) is 10.9. The average molecular weight is 245 g/mol. The summed E-state index contributed by atoms with van der Waals surface area (Å²) in [5.41, 5.74) is 0.495. The second-order valence-corrected chi connectivity index (χ2v) is 4.60. The summed E-state index contributed by atoms with van der Waals surface area (Å²) in [6.45, 7) is 6.26. The first-order valence-electron chi connectivity index (χ1n) is 5.41. The number of pyridine rings is 1. The van der Waals surface area contributed by atoms with E-state index in [0.717, 1.165) is 0 Å². The molecule has 4 heteroatoms. The highest BCUT2D eigenvalue weighted by Gasteiger charge is 2.19. The van der Waals surface area contributed by atoms with Crippen LogP contribution in [0.3, 0.4) is 0 Å². The first kappa shape index (κ1) is 13.2. The van der Waals surface area contributed by atoms with Gasteiger partial charge in [-0.25, -0.2) is 9.37 Å². The maximum Gasteiger partial charge on any atom is 0.170 e. The van der Waals surface area contributed by atoms with E-state index in [0.29, 0.717) is 17.3 Å². The molecular formula is C12H18ClFN2. The highest BCUT2D eigenvalue weighted by molar-refractivity contribution is 6.17. The van der Waals surface area contributed by atoms with E-state index in [2.05, 4.69) is 25.8 Å². The molecule has 0 aliphatic rings. The molecule has 0 spiro atoms. The van der Waals surface area contributed by atoms with Crippen LogP contribution in [0, 0.1) is 11.7 Å². The van der Waals surface area contributed by atoms with Crippen LogP contribution in [0.25, 0.3) is 0 Å². The first-order valence-corrected chi connectivity index (χ1v) is 5.94. The Morgan fingerprint density at radius 2 is 2.06 bits per heavy atom. The minimum Gasteiger partial charge on any atom is -0.354 e. The number of nitrogens with zero attached hydrogens (tertiary/aromatic N) is 2. The second-order valence-electron chi connectivity index (χ2n) is 4.34. The first-order chi connectivity index (χ1) is 7.49. The van der Waals surface area contributed by atoms with Crippen molar-refractivity contribution in [2.45, 2.75) is 32.7 Å². The minimum absolute atomic E-state index is 0.172. The number of hydrogen-bond acceptors (Lipinski definition) is 2. The molecule has 0 amide bonds. The van der Waals surface area contributed by atoms with Gasteiger partial charge in [-0.15, -0.1) is 11.6 Å². The Kier molecular flexibility index (Phi) is 4.54. The smallest absolute Gasteiger partial charge is 0.170 e. The topological polar surface area (TPSA) is 16.1 Å². The molecule has 16 heavy (non-hydrogen) atoms. The summed E-state index contributed by atoms with van der Waals surface area (Å²) < 4.78 is 14.0. The summed E-state index contributed by atoms with van der Waals surface area (Å²) in [7, 11) is 1.86. The fourth-order valence-corrected chi connectivity index (χ4v) is 1.67. The molecule has 0 aromatic carbocycles. The molecule has 0 N–H and O–H groups in total. The Morgan fingerprint density at radius 1 is 1.44 bits per heavy atom. The molecule has 1 aromatic heterocycles. The lowest BCUT2D eigenvalue weighted by molar-refractivity contribution is 0.492. The molecule has 90 valence electrons. The fourth-order valence-electron chi connectivity index (χ4n) is 1.46. The van der Waals surface area contributed by atoms with Crippen molar-refractivity contribution in [1.82, 2.24) is 4.98 Å². The maximum absolute atomic E-state index is 14.0. The third-order valence-electron chi connectivity index (χ3n) is 3.00. The summed E-state index contributed by atoms with van der Waals surface area (Å²) in [4.78, 5) is 5.94. The number of alkyl halides is 1. The van der Waals surface area contributed by atoms with E-state index >= 15 is 0 Å². The van der Waals surface area contributed by atoms with Gasteiger partial charge in [0.25, 0.3) is 0 Å². The number of hydrogen-bond donors (Lipinski definition) is 0. The molecule has 1 heterocycles. The molecule has 0 saturated heterocycles. The van der Waals surface area contributed by atoms with Crippen LogP contribution in [-0.2, 0) is 5.88 Å². The van der Waals surface area contributed by atoms with Gasteiger partial charge < -0.3 is 4.90 Å². The van der Waals surface area contributed by atoms with E-state index in [1.165, 1.54) is 0 Å². The van der Waals surface area contributed by atoms with E-state index < -0.39 is 0 Å². The third-order valence-corrected chi connectivity index (χ3v) is 3.29. The summed E-state index contributed by atoms with van der Waals surface area (Å²) in [5.74, 6) is 0.670. The predicted molar refractivity (Wildman–Crippen MR) is 66.5 cm³/mol. The summed E-state index contributed by atoms with van der Waals surface area (Å²) in [6.07, 6.45) is 1.60. The number of aromatic nitrogens is 1. The van der Waals surface area contributed by atoms with Crippen LogP contribution in [0.15, 0.2) is 12.3 Å². The van der Waals surface area contributed by atoms with E-state index in [1.807, 2.05) is 11.9 Å². The summed E-state index contributed by atoms with van der Waals surface area (Å²) in [5, 5.41) is 0. The van der Waals surface area contributed by atoms with Crippen molar-refractivity contribution in [1.29, 1.82) is 0 Å². The largest absolute Gasteiger partial charge is 0.354 e. The molecule has 1 atom stereocenters. The van der Waals surface area contributed by atoms with Gasteiger partial charge in [0, 0.05) is 24.8 Å². The van der Waals surface area contributed by atoms with Crippen LogP contribution in [0.5, 0.6) is 0 Å². The molecule has 0 aliphatic carbocycles. The lowest BCUT2D eigenvalue weighted by Crippen LogP contribution is -2.34. The van der Waals surface area contributed by atoms with Gasteiger partial charge in [-0.05, 0) is 18.9 Å².